The van der Waals surface area contributed by atoms with Crippen molar-refractivity contribution in [1.29, 1.82) is 0 Å². The molecular formula is C21H23ClN4O3S. The predicted octanol–water partition coefficient (Wildman–Crippen LogP) is 3.20. The molecule has 1 aromatic carbocycles. The molecule has 1 aliphatic carbocycles. The van der Waals surface area contributed by atoms with Crippen LogP contribution in [0.2, 0.25) is 5.02 Å². The zero-order chi connectivity index (χ0) is 21.1. The fraction of sp³-hybridized carbons (Fsp3) is 0.429. The summed E-state index contributed by atoms with van der Waals surface area (Å²) in [6.07, 6.45) is 4.14. The topological polar surface area (TPSA) is 82.6 Å². The highest BCUT2D eigenvalue weighted by Crippen LogP contribution is 2.28. The number of benzene rings is 1. The van der Waals surface area contributed by atoms with Crippen molar-refractivity contribution < 1.29 is 14.4 Å². The Kier molecular flexibility index (Phi) is 6.34. The normalized spacial score (nSPS) is 15.8. The lowest BCUT2D eigenvalue weighted by molar-refractivity contribution is -0.129. The summed E-state index contributed by atoms with van der Waals surface area (Å²) in [5, 5.41) is 5.56. The molecule has 0 unspecified atom stereocenters. The Labute approximate surface area is 184 Å². The summed E-state index contributed by atoms with van der Waals surface area (Å²) >= 11 is 7.19. The van der Waals surface area contributed by atoms with Crippen LogP contribution < -0.4 is 5.32 Å². The van der Waals surface area contributed by atoms with Crippen LogP contribution in [0, 0.1) is 0 Å². The summed E-state index contributed by atoms with van der Waals surface area (Å²) in [5.74, 6) is -0.402. The van der Waals surface area contributed by atoms with Gasteiger partial charge in [0.15, 0.2) is 5.13 Å². The molecule has 1 N–H and O–H groups in total. The van der Waals surface area contributed by atoms with Gasteiger partial charge in [-0.05, 0) is 49.9 Å². The van der Waals surface area contributed by atoms with E-state index in [1.54, 1.807) is 34.5 Å². The second-order valence-corrected chi connectivity index (χ2v) is 8.92. The van der Waals surface area contributed by atoms with Crippen LogP contribution in [-0.2, 0) is 16.0 Å². The second kappa shape index (κ2) is 9.14. The molecule has 1 saturated heterocycles. The number of halogens is 1. The Balaban J connectivity index is 1.34. The number of carbonyl (C=O) groups is 3. The van der Waals surface area contributed by atoms with E-state index in [2.05, 4.69) is 10.3 Å². The summed E-state index contributed by atoms with van der Waals surface area (Å²) in [6, 6.07) is 6.76. The molecule has 4 rings (SSSR count). The first kappa shape index (κ1) is 20.8. The fourth-order valence-electron chi connectivity index (χ4n) is 3.50. The molecule has 0 spiro atoms. The molecule has 2 aromatic rings. The number of rotatable bonds is 7. The zero-order valence-corrected chi connectivity index (χ0v) is 18.0. The maximum Gasteiger partial charge on any atom is 0.254 e. The summed E-state index contributed by atoms with van der Waals surface area (Å²) in [6.45, 7) is 1.59. The number of nitrogens with one attached hydrogen (secondary N) is 1. The SMILES string of the molecule is O=C(CN(C(=O)c1ccc(Cl)cc1)C1CC1)Nc1nc(CC(=O)N2CCCC2)cs1. The fourth-order valence-corrected chi connectivity index (χ4v) is 4.36. The number of hydrogen-bond acceptors (Lipinski definition) is 5. The minimum Gasteiger partial charge on any atom is -0.342 e. The molecule has 9 heteroatoms. The standard InChI is InChI=1S/C21H23ClN4O3S/c22-15-5-3-14(4-6-15)20(29)26(17-7-8-17)12-18(27)24-21-23-16(13-30-21)11-19(28)25-9-1-2-10-25/h3-6,13,17H,1-2,7-12H2,(H,23,24,27). The van der Waals surface area contributed by atoms with Crippen LogP contribution in [0.25, 0.3) is 0 Å². The highest BCUT2D eigenvalue weighted by atomic mass is 35.5. The van der Waals surface area contributed by atoms with Gasteiger partial charge in [-0.2, -0.15) is 0 Å². The van der Waals surface area contributed by atoms with Gasteiger partial charge in [-0.15, -0.1) is 11.3 Å². The van der Waals surface area contributed by atoms with Crippen LogP contribution >= 0.6 is 22.9 Å². The van der Waals surface area contributed by atoms with E-state index in [1.165, 1.54) is 11.3 Å². The summed E-state index contributed by atoms with van der Waals surface area (Å²) in [4.78, 5) is 45.4. The van der Waals surface area contributed by atoms with Gasteiger partial charge >= 0.3 is 0 Å². The van der Waals surface area contributed by atoms with E-state index in [0.29, 0.717) is 21.4 Å². The molecule has 2 aliphatic rings. The van der Waals surface area contributed by atoms with Crippen LogP contribution in [0.15, 0.2) is 29.6 Å². The van der Waals surface area contributed by atoms with Crippen molar-refractivity contribution in [2.45, 2.75) is 38.1 Å². The minimum atomic E-state index is -0.295. The van der Waals surface area contributed by atoms with Crippen molar-refractivity contribution in [2.24, 2.45) is 0 Å². The molecule has 0 radical (unpaired) electrons. The number of anilines is 1. The predicted molar refractivity (Wildman–Crippen MR) is 116 cm³/mol. The van der Waals surface area contributed by atoms with Gasteiger partial charge in [0.1, 0.15) is 6.54 Å². The van der Waals surface area contributed by atoms with Crippen LogP contribution in [-0.4, -0.2) is 58.2 Å². The highest BCUT2D eigenvalue weighted by Gasteiger charge is 2.34. The highest BCUT2D eigenvalue weighted by molar-refractivity contribution is 7.13. The molecule has 1 saturated carbocycles. The summed E-state index contributed by atoms with van der Waals surface area (Å²) in [5.41, 5.74) is 1.17. The molecular weight excluding hydrogens is 424 g/mol. The largest absolute Gasteiger partial charge is 0.342 e. The van der Waals surface area contributed by atoms with Crippen LogP contribution in [0.4, 0.5) is 5.13 Å². The van der Waals surface area contributed by atoms with E-state index < -0.39 is 0 Å². The van der Waals surface area contributed by atoms with Crippen molar-refractivity contribution in [3.05, 3.63) is 45.9 Å². The lowest BCUT2D eigenvalue weighted by Gasteiger charge is -2.21. The minimum absolute atomic E-state index is 0.0340. The Morgan fingerprint density at radius 1 is 1.17 bits per heavy atom. The first-order valence-corrected chi connectivity index (χ1v) is 11.3. The second-order valence-electron chi connectivity index (χ2n) is 7.63. The Morgan fingerprint density at radius 3 is 2.53 bits per heavy atom. The monoisotopic (exact) mass is 446 g/mol. The van der Waals surface area contributed by atoms with E-state index in [9.17, 15) is 14.4 Å². The van der Waals surface area contributed by atoms with Gasteiger partial charge in [0.05, 0.1) is 12.1 Å². The molecule has 2 heterocycles. The van der Waals surface area contributed by atoms with Crippen LogP contribution in [0.1, 0.15) is 41.7 Å². The van der Waals surface area contributed by atoms with Crippen molar-refractivity contribution >= 4 is 45.8 Å². The molecule has 1 aromatic heterocycles. The van der Waals surface area contributed by atoms with Crippen molar-refractivity contribution in [3.8, 4) is 0 Å². The zero-order valence-electron chi connectivity index (χ0n) is 16.5. The van der Waals surface area contributed by atoms with Gasteiger partial charge in [0.2, 0.25) is 11.8 Å². The molecule has 0 atom stereocenters. The Bertz CT molecular complexity index is 936. The maximum absolute atomic E-state index is 12.8. The number of nitrogens with zero attached hydrogens (tertiary/aromatic N) is 3. The lowest BCUT2D eigenvalue weighted by atomic mass is 10.2. The van der Waals surface area contributed by atoms with Crippen molar-refractivity contribution in [2.75, 3.05) is 25.0 Å². The van der Waals surface area contributed by atoms with Crippen molar-refractivity contribution in [3.63, 3.8) is 0 Å². The Hall–Kier alpha value is -2.45. The molecule has 3 amide bonds. The molecule has 2 fully saturated rings. The number of likely N-dealkylation sites (tertiary alicyclic amines) is 1. The number of hydrogen-bond donors (Lipinski definition) is 1. The van der Waals surface area contributed by atoms with Gasteiger partial charge < -0.3 is 15.1 Å². The molecule has 1 aliphatic heterocycles. The van der Waals surface area contributed by atoms with Gasteiger partial charge in [-0.3, -0.25) is 14.4 Å². The van der Waals surface area contributed by atoms with E-state index in [0.717, 1.165) is 38.8 Å². The summed E-state index contributed by atoms with van der Waals surface area (Å²) < 4.78 is 0. The van der Waals surface area contributed by atoms with E-state index in [4.69, 9.17) is 11.6 Å². The first-order chi connectivity index (χ1) is 14.5. The van der Waals surface area contributed by atoms with Gasteiger partial charge in [-0.25, -0.2) is 4.98 Å². The quantitative estimate of drug-likeness (QED) is 0.708. The van der Waals surface area contributed by atoms with Gasteiger partial charge in [0.25, 0.3) is 5.91 Å². The third kappa shape index (κ3) is 5.17. The van der Waals surface area contributed by atoms with Gasteiger partial charge in [0, 0.05) is 35.1 Å². The maximum atomic E-state index is 12.8. The van der Waals surface area contributed by atoms with E-state index >= 15 is 0 Å². The number of carbonyl (C=O) groups excluding carboxylic acids is 3. The van der Waals surface area contributed by atoms with Gasteiger partial charge in [-0.1, -0.05) is 11.6 Å². The smallest absolute Gasteiger partial charge is 0.254 e. The average molecular weight is 447 g/mol. The molecule has 0 bridgehead atoms. The summed E-state index contributed by atoms with van der Waals surface area (Å²) in [7, 11) is 0. The van der Waals surface area contributed by atoms with Crippen molar-refractivity contribution in [1.82, 2.24) is 14.8 Å². The third-order valence-electron chi connectivity index (χ3n) is 5.24. The third-order valence-corrected chi connectivity index (χ3v) is 6.30. The Morgan fingerprint density at radius 2 is 1.87 bits per heavy atom. The number of thiazole rings is 1. The lowest BCUT2D eigenvalue weighted by Crippen LogP contribution is -2.39. The average Bonchev–Trinajstić information content (AvgIpc) is 3.22. The number of amides is 3. The first-order valence-electron chi connectivity index (χ1n) is 10.1. The van der Waals surface area contributed by atoms with Crippen LogP contribution in [0.5, 0.6) is 0 Å². The molecule has 158 valence electrons. The molecule has 30 heavy (non-hydrogen) atoms. The van der Waals surface area contributed by atoms with E-state index in [1.807, 2.05) is 4.90 Å². The van der Waals surface area contributed by atoms with Crippen LogP contribution in [0.3, 0.4) is 0 Å². The van der Waals surface area contributed by atoms with E-state index in [-0.39, 0.29) is 36.7 Å². The number of aromatic nitrogens is 1. The molecule has 7 nitrogen and oxygen atoms in total.